The Morgan fingerprint density at radius 3 is 2.29 bits per heavy atom. The zero-order valence-electron chi connectivity index (χ0n) is 11.3. The highest BCUT2D eigenvalue weighted by Gasteiger charge is 2.21. The molecule has 21 heavy (non-hydrogen) atoms. The molecule has 0 amide bonds. The van der Waals surface area contributed by atoms with E-state index in [1.165, 1.54) is 32.2 Å². The van der Waals surface area contributed by atoms with Crippen LogP contribution in [0.4, 0.5) is 8.78 Å². The van der Waals surface area contributed by atoms with Crippen molar-refractivity contribution in [2.75, 3.05) is 7.11 Å². The van der Waals surface area contributed by atoms with Gasteiger partial charge in [0.2, 0.25) is 0 Å². The lowest BCUT2D eigenvalue weighted by Crippen LogP contribution is -2.05. The van der Waals surface area contributed by atoms with E-state index in [0.717, 1.165) is 6.07 Å². The molecule has 0 spiro atoms. The van der Waals surface area contributed by atoms with Crippen molar-refractivity contribution in [3.05, 3.63) is 62.6 Å². The maximum Gasteiger partial charge on any atom is 0.138 e. The molecule has 1 atom stereocenters. The Labute approximate surface area is 130 Å². The van der Waals surface area contributed by atoms with Crippen molar-refractivity contribution in [3.63, 3.8) is 0 Å². The van der Waals surface area contributed by atoms with E-state index in [1.807, 2.05) is 0 Å². The van der Waals surface area contributed by atoms with E-state index in [1.54, 1.807) is 0 Å². The number of aliphatic hydroxyl groups excluding tert-OH is 1. The number of aryl methyl sites for hydroxylation is 1. The highest BCUT2D eigenvalue weighted by atomic mass is 35.5. The van der Waals surface area contributed by atoms with Gasteiger partial charge in [0, 0.05) is 23.3 Å². The summed E-state index contributed by atoms with van der Waals surface area (Å²) in [6.45, 7) is 1.48. The fourth-order valence-corrected chi connectivity index (χ4v) is 2.47. The van der Waals surface area contributed by atoms with Crippen LogP contribution >= 0.6 is 23.2 Å². The molecule has 1 unspecified atom stereocenters. The summed E-state index contributed by atoms with van der Waals surface area (Å²) < 4.78 is 32.1. The lowest BCUT2D eigenvalue weighted by atomic mass is 9.99. The summed E-state index contributed by atoms with van der Waals surface area (Å²) >= 11 is 12.0. The summed E-state index contributed by atoms with van der Waals surface area (Å²) in [5.41, 5.74) is 0.366. The molecular weight excluding hydrogens is 321 g/mol. The van der Waals surface area contributed by atoms with Crippen molar-refractivity contribution in [1.29, 1.82) is 0 Å². The molecule has 0 saturated carbocycles. The standard InChI is InChI=1S/C15H12Cl2F2O2/c1-7-3-9(13(19)6-12(7)18)15(20)8-4-11(17)14(21-2)5-10(8)16/h3-6,15,20H,1-2H3. The van der Waals surface area contributed by atoms with Crippen LogP contribution in [0.5, 0.6) is 5.75 Å². The predicted octanol–water partition coefficient (Wildman–Crippen LogP) is 4.67. The first-order chi connectivity index (χ1) is 9.85. The third-order valence-corrected chi connectivity index (χ3v) is 3.76. The molecule has 2 rings (SSSR count). The minimum Gasteiger partial charge on any atom is -0.495 e. The van der Waals surface area contributed by atoms with Gasteiger partial charge >= 0.3 is 0 Å². The second-order valence-corrected chi connectivity index (χ2v) is 5.35. The van der Waals surface area contributed by atoms with Gasteiger partial charge in [-0.1, -0.05) is 23.2 Å². The molecule has 0 radical (unpaired) electrons. The second-order valence-electron chi connectivity index (χ2n) is 4.53. The summed E-state index contributed by atoms with van der Waals surface area (Å²) in [7, 11) is 1.43. The first-order valence-electron chi connectivity index (χ1n) is 6.01. The van der Waals surface area contributed by atoms with E-state index in [9.17, 15) is 13.9 Å². The Morgan fingerprint density at radius 1 is 1.00 bits per heavy atom. The highest BCUT2D eigenvalue weighted by molar-refractivity contribution is 6.34. The third-order valence-electron chi connectivity index (χ3n) is 3.14. The van der Waals surface area contributed by atoms with Gasteiger partial charge in [0.25, 0.3) is 0 Å². The van der Waals surface area contributed by atoms with Gasteiger partial charge in [-0.25, -0.2) is 8.78 Å². The molecule has 1 N–H and O–H groups in total. The van der Waals surface area contributed by atoms with Gasteiger partial charge in [-0.15, -0.1) is 0 Å². The van der Waals surface area contributed by atoms with Gasteiger partial charge in [-0.2, -0.15) is 0 Å². The molecule has 6 heteroatoms. The van der Waals surface area contributed by atoms with Gasteiger partial charge in [0.05, 0.1) is 17.2 Å². The largest absolute Gasteiger partial charge is 0.495 e. The fraction of sp³-hybridized carbons (Fsp3) is 0.200. The maximum absolute atomic E-state index is 13.8. The van der Waals surface area contributed by atoms with Crippen molar-refractivity contribution < 1.29 is 18.6 Å². The monoisotopic (exact) mass is 332 g/mol. The summed E-state index contributed by atoms with van der Waals surface area (Å²) in [5.74, 6) is -1.19. The Morgan fingerprint density at radius 2 is 1.67 bits per heavy atom. The van der Waals surface area contributed by atoms with Crippen molar-refractivity contribution >= 4 is 23.2 Å². The van der Waals surface area contributed by atoms with Crippen molar-refractivity contribution in [1.82, 2.24) is 0 Å². The Bertz CT molecular complexity index is 690. The number of hydrogen-bond acceptors (Lipinski definition) is 2. The number of hydrogen-bond donors (Lipinski definition) is 1. The highest BCUT2D eigenvalue weighted by Crippen LogP contribution is 2.37. The van der Waals surface area contributed by atoms with Gasteiger partial charge < -0.3 is 9.84 Å². The zero-order chi connectivity index (χ0) is 15.7. The normalized spacial score (nSPS) is 12.3. The van der Waals surface area contributed by atoms with Crippen LogP contribution in [0.15, 0.2) is 24.3 Å². The molecule has 0 aliphatic heterocycles. The first-order valence-corrected chi connectivity index (χ1v) is 6.77. The molecule has 0 aliphatic carbocycles. The number of methoxy groups -OCH3 is 1. The molecule has 0 aliphatic rings. The smallest absolute Gasteiger partial charge is 0.138 e. The van der Waals surface area contributed by atoms with Crippen LogP contribution in [0.3, 0.4) is 0 Å². The van der Waals surface area contributed by atoms with Gasteiger partial charge in [0.1, 0.15) is 23.5 Å². The van der Waals surface area contributed by atoms with E-state index in [2.05, 4.69) is 0 Å². The minimum atomic E-state index is -1.36. The Kier molecular flexibility index (Phi) is 4.71. The van der Waals surface area contributed by atoms with Crippen molar-refractivity contribution in [2.24, 2.45) is 0 Å². The summed E-state index contributed by atoms with van der Waals surface area (Å²) in [6, 6.07) is 4.79. The van der Waals surface area contributed by atoms with Crippen molar-refractivity contribution in [2.45, 2.75) is 13.0 Å². The SMILES string of the molecule is COc1cc(Cl)c(C(O)c2cc(C)c(F)cc2F)cc1Cl. The van der Waals surface area contributed by atoms with E-state index >= 15 is 0 Å². The molecule has 0 heterocycles. The number of halogens is 4. The van der Waals surface area contributed by atoms with Gasteiger partial charge in [-0.3, -0.25) is 0 Å². The Balaban J connectivity index is 2.52. The quantitative estimate of drug-likeness (QED) is 0.884. The summed E-state index contributed by atoms with van der Waals surface area (Å²) in [4.78, 5) is 0. The van der Waals surface area contributed by atoms with Crippen LogP contribution < -0.4 is 4.74 Å². The molecule has 112 valence electrons. The third kappa shape index (κ3) is 3.12. The fourth-order valence-electron chi connectivity index (χ4n) is 1.97. The first kappa shape index (κ1) is 16.0. The molecule has 0 fully saturated rings. The maximum atomic E-state index is 13.8. The zero-order valence-corrected chi connectivity index (χ0v) is 12.8. The molecular formula is C15H12Cl2F2O2. The Hall–Kier alpha value is -1.36. The average Bonchev–Trinajstić information content (AvgIpc) is 2.44. The lowest BCUT2D eigenvalue weighted by molar-refractivity contribution is 0.214. The van der Waals surface area contributed by atoms with E-state index < -0.39 is 17.7 Å². The summed E-state index contributed by atoms with van der Waals surface area (Å²) in [5, 5.41) is 10.7. The minimum absolute atomic E-state index is 0.0722. The van der Waals surface area contributed by atoms with Crippen LogP contribution in [0.25, 0.3) is 0 Å². The molecule has 0 aromatic heterocycles. The summed E-state index contributed by atoms with van der Waals surface area (Å²) in [6.07, 6.45) is -1.36. The number of ether oxygens (including phenoxy) is 1. The van der Waals surface area contributed by atoms with Crippen LogP contribution in [-0.2, 0) is 0 Å². The van der Waals surface area contributed by atoms with E-state index in [0.29, 0.717) is 5.75 Å². The number of aliphatic hydroxyl groups is 1. The number of benzene rings is 2. The van der Waals surface area contributed by atoms with Crippen LogP contribution in [-0.4, -0.2) is 12.2 Å². The van der Waals surface area contributed by atoms with Crippen LogP contribution in [0.2, 0.25) is 10.0 Å². The van der Waals surface area contributed by atoms with Crippen molar-refractivity contribution in [3.8, 4) is 5.75 Å². The van der Waals surface area contributed by atoms with Gasteiger partial charge in [-0.05, 0) is 24.6 Å². The van der Waals surface area contributed by atoms with E-state index in [-0.39, 0.29) is 26.7 Å². The van der Waals surface area contributed by atoms with Crippen LogP contribution in [0, 0.1) is 18.6 Å². The van der Waals surface area contributed by atoms with Crippen LogP contribution in [0.1, 0.15) is 22.8 Å². The van der Waals surface area contributed by atoms with Gasteiger partial charge in [0.15, 0.2) is 0 Å². The lowest BCUT2D eigenvalue weighted by Gasteiger charge is -2.16. The predicted molar refractivity (Wildman–Crippen MR) is 78.2 cm³/mol. The molecule has 2 aromatic carbocycles. The topological polar surface area (TPSA) is 29.5 Å². The average molecular weight is 333 g/mol. The molecule has 2 nitrogen and oxygen atoms in total. The molecule has 0 saturated heterocycles. The second kappa shape index (κ2) is 6.18. The molecule has 0 bridgehead atoms. The number of rotatable bonds is 3. The van der Waals surface area contributed by atoms with E-state index in [4.69, 9.17) is 27.9 Å². The molecule has 2 aromatic rings.